The van der Waals surface area contributed by atoms with E-state index in [9.17, 15) is 16.8 Å². The molecular formula is C14H16N2O7S2. The summed E-state index contributed by atoms with van der Waals surface area (Å²) in [7, 11) is -5.89. The van der Waals surface area contributed by atoms with Crippen LogP contribution in [0.25, 0.3) is 0 Å². The van der Waals surface area contributed by atoms with Crippen LogP contribution in [0.4, 0.5) is 11.4 Å². The van der Waals surface area contributed by atoms with E-state index in [4.69, 9.17) is 19.8 Å². The molecule has 11 heteroatoms. The van der Waals surface area contributed by atoms with Gasteiger partial charge >= 0.3 is 0 Å². The quantitative estimate of drug-likeness (QED) is 0.496. The van der Waals surface area contributed by atoms with Gasteiger partial charge in [0.05, 0.1) is 35.4 Å². The molecular weight excluding hydrogens is 372 g/mol. The second-order valence-electron chi connectivity index (χ2n) is 4.85. The van der Waals surface area contributed by atoms with E-state index in [1.54, 1.807) is 0 Å². The highest BCUT2D eigenvalue weighted by molar-refractivity contribution is 7.92. The van der Waals surface area contributed by atoms with E-state index < -0.39 is 25.0 Å². The first kappa shape index (κ1) is 18.8. The van der Waals surface area contributed by atoms with Gasteiger partial charge in [0.25, 0.3) is 20.1 Å². The zero-order chi connectivity index (χ0) is 18.8. The maximum Gasteiger partial charge on any atom is 0.294 e. The third kappa shape index (κ3) is 4.13. The van der Waals surface area contributed by atoms with Gasteiger partial charge in [0.2, 0.25) is 0 Å². The summed E-state index contributed by atoms with van der Waals surface area (Å²) in [6, 6.07) is 7.12. The summed E-state index contributed by atoms with van der Waals surface area (Å²) in [5.41, 5.74) is 5.92. The second kappa shape index (κ2) is 6.78. The molecule has 0 bridgehead atoms. The molecule has 2 aromatic carbocycles. The Morgan fingerprint density at radius 2 is 1.48 bits per heavy atom. The van der Waals surface area contributed by atoms with E-state index in [1.807, 2.05) is 0 Å². The summed E-state index contributed by atoms with van der Waals surface area (Å²) in [5.74, 6) is 0.109. The molecule has 25 heavy (non-hydrogen) atoms. The maximum absolute atomic E-state index is 12.5. The molecule has 0 fully saturated rings. The van der Waals surface area contributed by atoms with Crippen molar-refractivity contribution in [3.05, 3.63) is 36.4 Å². The van der Waals surface area contributed by atoms with E-state index in [0.29, 0.717) is 0 Å². The van der Waals surface area contributed by atoms with Crippen LogP contribution in [0.2, 0.25) is 0 Å². The number of nitrogens with one attached hydrogen (secondary N) is 1. The molecule has 136 valence electrons. The molecule has 4 N–H and O–H groups in total. The van der Waals surface area contributed by atoms with Crippen LogP contribution < -0.4 is 19.9 Å². The number of hydrogen-bond donors (Lipinski definition) is 3. The fourth-order valence-electron chi connectivity index (χ4n) is 1.98. The Labute approximate surface area is 145 Å². The minimum atomic E-state index is -4.45. The molecule has 0 saturated heterocycles. The van der Waals surface area contributed by atoms with E-state index >= 15 is 0 Å². The normalized spacial score (nSPS) is 11.8. The van der Waals surface area contributed by atoms with Crippen LogP contribution in [0, 0.1) is 0 Å². The molecule has 0 aliphatic carbocycles. The SMILES string of the molecule is COc1cc(S(=O)(=O)Nc2ccc(S(=O)(=O)O)cc2OC)ccc1N. The van der Waals surface area contributed by atoms with Gasteiger partial charge in [0.15, 0.2) is 0 Å². The largest absolute Gasteiger partial charge is 0.495 e. The van der Waals surface area contributed by atoms with Crippen molar-refractivity contribution in [3.8, 4) is 11.5 Å². The monoisotopic (exact) mass is 388 g/mol. The van der Waals surface area contributed by atoms with Crippen LogP contribution in [0.15, 0.2) is 46.2 Å². The highest BCUT2D eigenvalue weighted by Gasteiger charge is 2.20. The second-order valence-corrected chi connectivity index (χ2v) is 7.95. The van der Waals surface area contributed by atoms with Gasteiger partial charge in [-0.3, -0.25) is 9.27 Å². The average molecular weight is 388 g/mol. The van der Waals surface area contributed by atoms with Gasteiger partial charge in [-0.25, -0.2) is 8.42 Å². The van der Waals surface area contributed by atoms with Crippen molar-refractivity contribution in [3.63, 3.8) is 0 Å². The molecule has 0 atom stereocenters. The summed E-state index contributed by atoms with van der Waals surface area (Å²) in [4.78, 5) is -0.541. The van der Waals surface area contributed by atoms with Crippen molar-refractivity contribution in [2.45, 2.75) is 9.79 Å². The molecule has 9 nitrogen and oxygen atoms in total. The zero-order valence-corrected chi connectivity index (χ0v) is 14.9. The third-order valence-corrected chi connectivity index (χ3v) is 5.44. The van der Waals surface area contributed by atoms with Crippen LogP contribution in [0.3, 0.4) is 0 Å². The number of sulfonamides is 1. The number of anilines is 2. The molecule has 2 rings (SSSR count). The van der Waals surface area contributed by atoms with E-state index in [1.165, 1.54) is 32.4 Å². The predicted molar refractivity (Wildman–Crippen MR) is 91.0 cm³/mol. The highest BCUT2D eigenvalue weighted by Crippen LogP contribution is 2.31. The number of nitrogen functional groups attached to an aromatic ring is 1. The number of hydrogen-bond acceptors (Lipinski definition) is 7. The van der Waals surface area contributed by atoms with Gasteiger partial charge in [0, 0.05) is 12.1 Å². The lowest BCUT2D eigenvalue weighted by Gasteiger charge is -2.13. The average Bonchev–Trinajstić information content (AvgIpc) is 2.54. The number of ether oxygens (including phenoxy) is 2. The van der Waals surface area contributed by atoms with Crippen molar-refractivity contribution < 1.29 is 30.9 Å². The number of methoxy groups -OCH3 is 2. The zero-order valence-electron chi connectivity index (χ0n) is 13.3. The van der Waals surface area contributed by atoms with Crippen LogP contribution in [-0.2, 0) is 20.1 Å². The number of benzene rings is 2. The van der Waals surface area contributed by atoms with Gasteiger partial charge in [-0.05, 0) is 24.3 Å². The third-order valence-electron chi connectivity index (χ3n) is 3.23. The topological polar surface area (TPSA) is 145 Å². The predicted octanol–water partition coefficient (Wildman–Crippen LogP) is 1.33. The molecule has 0 aliphatic heterocycles. The first-order valence-electron chi connectivity index (χ1n) is 6.70. The van der Waals surface area contributed by atoms with Crippen LogP contribution in [-0.4, -0.2) is 35.6 Å². The van der Waals surface area contributed by atoms with Crippen LogP contribution in [0.5, 0.6) is 11.5 Å². The summed E-state index contributed by atoms with van der Waals surface area (Å²) >= 11 is 0. The fourth-order valence-corrected chi connectivity index (χ4v) is 3.56. The molecule has 0 saturated carbocycles. The van der Waals surface area contributed by atoms with Gasteiger partial charge < -0.3 is 15.2 Å². The minimum absolute atomic E-state index is 0.00862. The van der Waals surface area contributed by atoms with E-state index in [2.05, 4.69) is 4.72 Å². The molecule has 0 spiro atoms. The Kier molecular flexibility index (Phi) is 5.11. The molecule has 0 aliphatic rings. The molecule has 0 unspecified atom stereocenters. The molecule has 0 aromatic heterocycles. The number of nitrogens with two attached hydrogens (primary N) is 1. The van der Waals surface area contributed by atoms with Crippen molar-refractivity contribution in [2.24, 2.45) is 0 Å². The Morgan fingerprint density at radius 1 is 0.920 bits per heavy atom. The van der Waals surface area contributed by atoms with Gasteiger partial charge in [-0.2, -0.15) is 8.42 Å². The lowest BCUT2D eigenvalue weighted by atomic mass is 10.3. The summed E-state index contributed by atoms with van der Waals surface area (Å²) in [6.45, 7) is 0. The Bertz CT molecular complexity index is 1000. The smallest absolute Gasteiger partial charge is 0.294 e. The molecule has 2 aromatic rings. The van der Waals surface area contributed by atoms with Crippen molar-refractivity contribution in [2.75, 3.05) is 24.7 Å². The standard InChI is InChI=1S/C14H16N2O7S2/c1-22-13-7-9(3-5-11(13)15)24(17,18)16-12-6-4-10(25(19,20)21)8-14(12)23-2/h3-8,16H,15H2,1-2H3,(H,19,20,21). The van der Waals surface area contributed by atoms with Crippen molar-refractivity contribution >= 4 is 31.5 Å². The Balaban J connectivity index is 2.44. The molecule has 0 radical (unpaired) electrons. The minimum Gasteiger partial charge on any atom is -0.495 e. The summed E-state index contributed by atoms with van der Waals surface area (Å²) in [5, 5.41) is 0. The van der Waals surface area contributed by atoms with E-state index in [-0.39, 0.29) is 27.8 Å². The van der Waals surface area contributed by atoms with Gasteiger partial charge in [0.1, 0.15) is 11.5 Å². The van der Waals surface area contributed by atoms with Gasteiger partial charge in [-0.15, -0.1) is 0 Å². The first-order chi connectivity index (χ1) is 11.6. The summed E-state index contributed by atoms with van der Waals surface area (Å²) < 4.78 is 68.6. The number of rotatable bonds is 6. The van der Waals surface area contributed by atoms with Crippen LogP contribution >= 0.6 is 0 Å². The Morgan fingerprint density at radius 3 is 2.04 bits per heavy atom. The van der Waals surface area contributed by atoms with Gasteiger partial charge in [-0.1, -0.05) is 0 Å². The van der Waals surface area contributed by atoms with Crippen molar-refractivity contribution in [1.82, 2.24) is 0 Å². The maximum atomic E-state index is 12.5. The molecule has 0 amide bonds. The van der Waals surface area contributed by atoms with Crippen molar-refractivity contribution in [1.29, 1.82) is 0 Å². The lowest BCUT2D eigenvalue weighted by Crippen LogP contribution is -2.14. The lowest BCUT2D eigenvalue weighted by molar-refractivity contribution is 0.414. The fraction of sp³-hybridized carbons (Fsp3) is 0.143. The van der Waals surface area contributed by atoms with Crippen LogP contribution in [0.1, 0.15) is 0 Å². The highest BCUT2D eigenvalue weighted by atomic mass is 32.2. The first-order valence-corrected chi connectivity index (χ1v) is 9.62. The Hall–Kier alpha value is -2.50. The summed E-state index contributed by atoms with van der Waals surface area (Å²) in [6.07, 6.45) is 0. The van der Waals surface area contributed by atoms with E-state index in [0.717, 1.165) is 18.2 Å². The molecule has 0 heterocycles.